The van der Waals surface area contributed by atoms with Crippen molar-refractivity contribution in [1.29, 1.82) is 0 Å². The molecule has 42 heavy (non-hydrogen) atoms. The van der Waals surface area contributed by atoms with Crippen LogP contribution in [0.15, 0.2) is 53.2 Å². The Balaban J connectivity index is 1.52. The minimum absolute atomic E-state index is 0.0945. The lowest BCUT2D eigenvalue weighted by atomic mass is 9.95. The van der Waals surface area contributed by atoms with Gasteiger partial charge in [0.25, 0.3) is 0 Å². The first-order valence-electron chi connectivity index (χ1n) is 13.0. The molecule has 0 bridgehead atoms. The molecule has 0 spiro atoms. The number of halogens is 2. The molecule has 0 radical (unpaired) electrons. The molecule has 6 rings (SSSR count). The van der Waals surface area contributed by atoms with Crippen molar-refractivity contribution in [1.82, 2.24) is 14.8 Å². The monoisotopic (exact) mass is 625 g/mol. The van der Waals surface area contributed by atoms with Crippen LogP contribution >= 0.6 is 22.7 Å². The SMILES string of the molecule is Cc1csc(-c2cc(-c3nn(-c4nc(C(=O)O)cs4)c(CC4CC4)c3Cc3ccc(NS(=O)[O-])cc3F)ccc2F)c1. The molecule has 8 nitrogen and oxygen atoms in total. The summed E-state index contributed by atoms with van der Waals surface area (Å²) in [6.07, 6.45) is 2.79. The van der Waals surface area contributed by atoms with Gasteiger partial charge >= 0.3 is 5.97 Å². The standard InChI is InChI=1S/C29H24F2N4O4S3/c1-15-8-26(40-13-15)20-11-18(5-7-22(20)30)27-21(10-17-4-6-19(12-23(17)31)34-42(38)39)25(9-16-2-3-16)35(33-27)29-32-24(14-41-29)28(36)37/h4-8,11-14,16,34H,2-3,9-10H2,1H3,(H,36,37)(H,38,39)/p-1. The molecule has 1 saturated carbocycles. The van der Waals surface area contributed by atoms with E-state index >= 15 is 8.78 Å². The minimum atomic E-state index is -2.60. The number of carbonyl (C=O) groups is 1. The molecule has 0 aliphatic heterocycles. The maximum atomic E-state index is 15.3. The zero-order valence-corrected chi connectivity index (χ0v) is 24.5. The van der Waals surface area contributed by atoms with Crippen LogP contribution in [-0.2, 0) is 24.1 Å². The highest BCUT2D eigenvalue weighted by Gasteiger charge is 2.30. The summed E-state index contributed by atoms with van der Waals surface area (Å²) in [5, 5.41) is 18.1. The first-order valence-corrected chi connectivity index (χ1v) is 15.8. The van der Waals surface area contributed by atoms with Crippen molar-refractivity contribution in [2.24, 2.45) is 5.92 Å². The Bertz CT molecular complexity index is 1840. The number of benzene rings is 2. The van der Waals surface area contributed by atoms with E-state index in [0.29, 0.717) is 45.4 Å². The first kappa shape index (κ1) is 28.3. The normalized spacial score (nSPS) is 13.8. The molecule has 3 aromatic heterocycles. The van der Waals surface area contributed by atoms with E-state index in [1.807, 2.05) is 18.4 Å². The van der Waals surface area contributed by atoms with Crippen LogP contribution in [0.1, 0.15) is 45.7 Å². The zero-order chi connectivity index (χ0) is 29.5. The number of aromatic carboxylic acids is 1. The molecule has 1 aliphatic carbocycles. The number of aryl methyl sites for hydroxylation is 1. The average Bonchev–Trinajstić information content (AvgIpc) is 3.29. The quantitative estimate of drug-likeness (QED) is 0.166. The van der Waals surface area contributed by atoms with Gasteiger partial charge in [-0.1, -0.05) is 6.07 Å². The summed E-state index contributed by atoms with van der Waals surface area (Å²) in [6.45, 7) is 1.94. The van der Waals surface area contributed by atoms with Crippen LogP contribution in [0.25, 0.3) is 26.8 Å². The van der Waals surface area contributed by atoms with Crippen molar-refractivity contribution in [2.45, 2.75) is 32.6 Å². The third kappa shape index (κ3) is 5.91. The van der Waals surface area contributed by atoms with E-state index in [-0.39, 0.29) is 23.6 Å². The predicted molar refractivity (Wildman–Crippen MR) is 158 cm³/mol. The number of hydrogen-bond acceptors (Lipinski definition) is 7. The van der Waals surface area contributed by atoms with Crippen LogP contribution in [0.3, 0.4) is 0 Å². The fraction of sp³-hybridized carbons (Fsp3) is 0.207. The lowest BCUT2D eigenvalue weighted by molar-refractivity contribution is 0.0691. The van der Waals surface area contributed by atoms with Crippen LogP contribution in [0, 0.1) is 24.5 Å². The van der Waals surface area contributed by atoms with Gasteiger partial charge in [-0.25, -0.2) is 23.2 Å². The van der Waals surface area contributed by atoms with Crippen molar-refractivity contribution >= 4 is 45.6 Å². The Morgan fingerprint density at radius 3 is 2.60 bits per heavy atom. The fourth-order valence-corrected chi connectivity index (χ4v) is 6.81. The highest BCUT2D eigenvalue weighted by atomic mass is 32.2. The van der Waals surface area contributed by atoms with Crippen LogP contribution in [0.5, 0.6) is 0 Å². The van der Waals surface area contributed by atoms with Crippen LogP contribution in [-0.4, -0.2) is 34.6 Å². The van der Waals surface area contributed by atoms with Crippen LogP contribution in [0.2, 0.25) is 0 Å². The van der Waals surface area contributed by atoms with E-state index in [2.05, 4.69) is 9.71 Å². The summed E-state index contributed by atoms with van der Waals surface area (Å²) < 4.78 is 56.2. The first-order chi connectivity index (χ1) is 20.2. The summed E-state index contributed by atoms with van der Waals surface area (Å²) in [5.74, 6) is -1.74. The third-order valence-electron chi connectivity index (χ3n) is 7.02. The van der Waals surface area contributed by atoms with Gasteiger partial charge in [0.15, 0.2) is 5.69 Å². The van der Waals surface area contributed by atoms with Gasteiger partial charge in [-0.2, -0.15) is 5.10 Å². The molecule has 13 heteroatoms. The summed E-state index contributed by atoms with van der Waals surface area (Å²) in [4.78, 5) is 16.6. The molecular formula is C29H23F2N4O4S3-. The topological polar surface area (TPSA) is 120 Å². The Kier molecular flexibility index (Phi) is 7.75. The number of thiophene rings is 1. The second-order valence-electron chi connectivity index (χ2n) is 10.2. The Morgan fingerprint density at radius 2 is 1.95 bits per heavy atom. The van der Waals surface area contributed by atoms with E-state index in [1.165, 1.54) is 34.9 Å². The largest absolute Gasteiger partial charge is 0.755 e. The lowest BCUT2D eigenvalue weighted by Crippen LogP contribution is -2.07. The van der Waals surface area contributed by atoms with Gasteiger partial charge in [-0.15, -0.1) is 22.7 Å². The van der Waals surface area contributed by atoms with Gasteiger partial charge in [0.2, 0.25) is 5.13 Å². The summed E-state index contributed by atoms with van der Waals surface area (Å²) >= 11 is -0.0220. The minimum Gasteiger partial charge on any atom is -0.755 e. The fourth-order valence-electron chi connectivity index (χ4n) is 4.80. The highest BCUT2D eigenvalue weighted by molar-refractivity contribution is 7.80. The maximum absolute atomic E-state index is 15.3. The number of carboxylic acids is 1. The Morgan fingerprint density at radius 1 is 1.14 bits per heavy atom. The van der Waals surface area contributed by atoms with Gasteiger partial charge in [-0.3, -0.25) is 4.21 Å². The Hall–Kier alpha value is -3.78. The summed E-state index contributed by atoms with van der Waals surface area (Å²) in [7, 11) is 0. The number of nitrogens with one attached hydrogen (secondary N) is 1. The molecule has 2 aromatic carbocycles. The maximum Gasteiger partial charge on any atom is 0.355 e. The number of carboxylic acid groups (broad SMARTS) is 1. The second-order valence-corrected chi connectivity index (χ2v) is 12.6. The molecule has 1 unspecified atom stereocenters. The molecule has 1 aliphatic rings. The number of thiazole rings is 1. The average molecular weight is 626 g/mol. The summed E-state index contributed by atoms with van der Waals surface area (Å²) in [5.41, 5.74) is 4.36. The molecular weight excluding hydrogens is 603 g/mol. The second kappa shape index (κ2) is 11.5. The van der Waals surface area contributed by atoms with Gasteiger partial charge in [0, 0.05) is 50.3 Å². The number of anilines is 1. The third-order valence-corrected chi connectivity index (χ3v) is 9.32. The number of rotatable bonds is 10. The Labute approximate surface area is 250 Å². The van der Waals surface area contributed by atoms with Gasteiger partial charge in [0.1, 0.15) is 11.6 Å². The van der Waals surface area contributed by atoms with E-state index in [9.17, 15) is 18.7 Å². The molecule has 3 heterocycles. The van der Waals surface area contributed by atoms with E-state index in [1.54, 1.807) is 16.8 Å². The van der Waals surface area contributed by atoms with E-state index < -0.39 is 23.1 Å². The lowest BCUT2D eigenvalue weighted by Gasteiger charge is -2.12. The predicted octanol–water partition coefficient (Wildman–Crippen LogP) is 6.76. The van der Waals surface area contributed by atoms with Crippen molar-refractivity contribution in [3.63, 3.8) is 0 Å². The molecule has 0 amide bonds. The molecule has 2 N–H and O–H groups in total. The van der Waals surface area contributed by atoms with Crippen LogP contribution in [0.4, 0.5) is 14.5 Å². The number of aromatic nitrogens is 3. The van der Waals surface area contributed by atoms with Crippen molar-refractivity contribution < 1.29 is 27.4 Å². The van der Waals surface area contributed by atoms with Crippen LogP contribution < -0.4 is 4.72 Å². The molecule has 1 atom stereocenters. The zero-order valence-electron chi connectivity index (χ0n) is 22.1. The van der Waals surface area contributed by atoms with Gasteiger partial charge in [-0.05, 0) is 85.0 Å². The number of nitrogens with zero attached hydrogens (tertiary/aromatic N) is 3. The van der Waals surface area contributed by atoms with E-state index in [4.69, 9.17) is 5.10 Å². The van der Waals surface area contributed by atoms with E-state index in [0.717, 1.165) is 46.4 Å². The number of hydrogen-bond donors (Lipinski definition) is 2. The van der Waals surface area contributed by atoms with Gasteiger partial charge < -0.3 is 14.4 Å². The molecule has 5 aromatic rings. The van der Waals surface area contributed by atoms with Gasteiger partial charge in [0.05, 0.1) is 11.4 Å². The van der Waals surface area contributed by atoms with Crippen molar-refractivity contribution in [3.05, 3.63) is 92.9 Å². The van der Waals surface area contributed by atoms with Crippen molar-refractivity contribution in [2.75, 3.05) is 4.72 Å². The molecule has 216 valence electrons. The molecule has 0 saturated heterocycles. The van der Waals surface area contributed by atoms with Crippen molar-refractivity contribution in [3.8, 4) is 26.8 Å². The summed E-state index contributed by atoms with van der Waals surface area (Å²) in [6, 6.07) is 10.8. The molecule has 1 fully saturated rings. The highest BCUT2D eigenvalue weighted by Crippen LogP contribution is 2.40. The smallest absolute Gasteiger partial charge is 0.355 e.